The summed E-state index contributed by atoms with van der Waals surface area (Å²) in [5, 5.41) is 8.86. The molecule has 0 saturated carbocycles. The monoisotopic (exact) mass is 499 g/mol. The van der Waals surface area contributed by atoms with Crippen LogP contribution in [-0.4, -0.2) is 75.6 Å². The molecular weight excluding hydrogens is 446 g/mol. The van der Waals surface area contributed by atoms with E-state index in [-0.39, 0.29) is 17.9 Å². The number of likely N-dealkylation sites (N-methyl/N-ethyl adjacent to an activating group) is 1. The van der Waals surface area contributed by atoms with E-state index in [0.717, 1.165) is 58.0 Å². The summed E-state index contributed by atoms with van der Waals surface area (Å²) in [7, 11) is 5.51. The summed E-state index contributed by atoms with van der Waals surface area (Å²) in [6, 6.07) is 0.247. The molecule has 0 aliphatic heterocycles. The van der Waals surface area contributed by atoms with Crippen molar-refractivity contribution in [2.45, 2.75) is 103 Å². The number of aliphatic carboxylic acids is 1. The number of hydrogen-bond donors (Lipinski definition) is 1. The molecule has 35 heavy (non-hydrogen) atoms. The molecule has 0 aliphatic rings. The Balaban J connectivity index is 3.49. The Morgan fingerprint density at radius 3 is 1.86 bits per heavy atom. The molecule has 7 nitrogen and oxygen atoms in total. The minimum Gasteiger partial charge on any atom is -0.481 e. The number of allylic oxidation sites excluding steroid dienone is 2. The topological polar surface area (TPSA) is 85.3 Å². The SMILES string of the molecule is COC(=O)CCCCOCC(COCCCCCCCC/C=C\CCCCC(C)C(=O)O)N(C)C. The lowest BCUT2D eigenvalue weighted by molar-refractivity contribution is -0.142. The molecule has 0 aromatic heterocycles. The van der Waals surface area contributed by atoms with Gasteiger partial charge < -0.3 is 24.2 Å². The van der Waals surface area contributed by atoms with Gasteiger partial charge in [-0.05, 0) is 65.5 Å². The number of esters is 1. The predicted molar refractivity (Wildman–Crippen MR) is 142 cm³/mol. The second-order valence-corrected chi connectivity index (χ2v) is 9.71. The van der Waals surface area contributed by atoms with Crippen molar-refractivity contribution < 1.29 is 28.9 Å². The van der Waals surface area contributed by atoms with E-state index in [4.69, 9.17) is 14.6 Å². The zero-order valence-electron chi connectivity index (χ0n) is 23.0. The highest BCUT2D eigenvalue weighted by Gasteiger charge is 2.12. The van der Waals surface area contributed by atoms with Crippen molar-refractivity contribution in [3.8, 4) is 0 Å². The normalized spacial score (nSPS) is 13.4. The molecule has 0 bridgehead atoms. The highest BCUT2D eigenvalue weighted by Crippen LogP contribution is 2.11. The lowest BCUT2D eigenvalue weighted by Crippen LogP contribution is -2.37. The highest BCUT2D eigenvalue weighted by atomic mass is 16.5. The lowest BCUT2D eigenvalue weighted by Gasteiger charge is -2.24. The van der Waals surface area contributed by atoms with Crippen LogP contribution in [0.4, 0.5) is 0 Å². The van der Waals surface area contributed by atoms with Crippen LogP contribution in [0.1, 0.15) is 96.8 Å². The van der Waals surface area contributed by atoms with E-state index in [0.29, 0.717) is 26.2 Å². The van der Waals surface area contributed by atoms with E-state index in [9.17, 15) is 9.59 Å². The first-order chi connectivity index (χ1) is 16.9. The van der Waals surface area contributed by atoms with Crippen molar-refractivity contribution in [1.29, 1.82) is 0 Å². The molecular formula is C28H53NO6. The number of carbonyl (C=O) groups is 2. The largest absolute Gasteiger partial charge is 0.481 e. The number of hydrogen-bond acceptors (Lipinski definition) is 6. The van der Waals surface area contributed by atoms with Crippen LogP contribution in [0.25, 0.3) is 0 Å². The molecule has 0 heterocycles. The average Bonchev–Trinajstić information content (AvgIpc) is 2.83. The van der Waals surface area contributed by atoms with E-state index in [1.165, 1.54) is 39.2 Å². The maximum atomic E-state index is 11.1. The van der Waals surface area contributed by atoms with Gasteiger partial charge in [0.1, 0.15) is 0 Å². The van der Waals surface area contributed by atoms with Gasteiger partial charge in [-0.15, -0.1) is 0 Å². The van der Waals surface area contributed by atoms with Gasteiger partial charge in [0.25, 0.3) is 0 Å². The lowest BCUT2D eigenvalue weighted by atomic mass is 10.0. The minimum absolute atomic E-state index is 0.161. The summed E-state index contributed by atoms with van der Waals surface area (Å²) in [5.74, 6) is -1.07. The fourth-order valence-electron chi connectivity index (χ4n) is 3.61. The first kappa shape index (κ1) is 33.6. The fraction of sp³-hybridized carbons (Fsp3) is 0.857. The van der Waals surface area contributed by atoms with Gasteiger partial charge in [-0.2, -0.15) is 0 Å². The Morgan fingerprint density at radius 2 is 1.31 bits per heavy atom. The second kappa shape index (κ2) is 24.3. The van der Waals surface area contributed by atoms with E-state index >= 15 is 0 Å². The van der Waals surface area contributed by atoms with Gasteiger partial charge in [0.05, 0.1) is 32.3 Å². The molecule has 2 unspecified atom stereocenters. The van der Waals surface area contributed by atoms with Crippen LogP contribution >= 0.6 is 0 Å². The third-order valence-corrected chi connectivity index (χ3v) is 6.25. The predicted octanol–water partition coefficient (Wildman–Crippen LogP) is 5.86. The van der Waals surface area contributed by atoms with Gasteiger partial charge in [-0.3, -0.25) is 9.59 Å². The van der Waals surface area contributed by atoms with Gasteiger partial charge in [0.2, 0.25) is 0 Å². The second-order valence-electron chi connectivity index (χ2n) is 9.71. The van der Waals surface area contributed by atoms with E-state index < -0.39 is 5.97 Å². The molecule has 0 saturated heterocycles. The van der Waals surface area contributed by atoms with Crippen molar-refractivity contribution in [2.24, 2.45) is 5.92 Å². The van der Waals surface area contributed by atoms with Crippen molar-refractivity contribution in [3.05, 3.63) is 12.2 Å². The van der Waals surface area contributed by atoms with Crippen molar-refractivity contribution >= 4 is 11.9 Å². The van der Waals surface area contributed by atoms with E-state index in [2.05, 4.69) is 21.8 Å². The van der Waals surface area contributed by atoms with Gasteiger partial charge in [0.15, 0.2) is 0 Å². The van der Waals surface area contributed by atoms with E-state index in [1.807, 2.05) is 14.1 Å². The highest BCUT2D eigenvalue weighted by molar-refractivity contribution is 5.69. The fourth-order valence-corrected chi connectivity index (χ4v) is 3.61. The maximum Gasteiger partial charge on any atom is 0.306 e. The summed E-state index contributed by atoms with van der Waals surface area (Å²) < 4.78 is 16.3. The van der Waals surface area contributed by atoms with Crippen LogP contribution in [0.15, 0.2) is 12.2 Å². The van der Waals surface area contributed by atoms with Crippen LogP contribution in [-0.2, 0) is 23.8 Å². The van der Waals surface area contributed by atoms with Crippen molar-refractivity contribution in [2.75, 3.05) is 47.6 Å². The number of unbranched alkanes of at least 4 members (excludes halogenated alkanes) is 9. The summed E-state index contributed by atoms with van der Waals surface area (Å²) >= 11 is 0. The van der Waals surface area contributed by atoms with E-state index in [1.54, 1.807) is 6.92 Å². The molecule has 0 amide bonds. The number of ether oxygens (including phenoxy) is 3. The zero-order valence-corrected chi connectivity index (χ0v) is 23.0. The number of carboxylic acids is 1. The maximum absolute atomic E-state index is 11.1. The van der Waals surface area contributed by atoms with Gasteiger partial charge in [-0.1, -0.05) is 51.2 Å². The van der Waals surface area contributed by atoms with Gasteiger partial charge in [0, 0.05) is 19.6 Å². The Morgan fingerprint density at radius 1 is 0.800 bits per heavy atom. The van der Waals surface area contributed by atoms with Crippen molar-refractivity contribution in [3.63, 3.8) is 0 Å². The molecule has 0 aromatic rings. The number of rotatable bonds is 25. The molecule has 0 fully saturated rings. The van der Waals surface area contributed by atoms with Gasteiger partial charge in [-0.25, -0.2) is 0 Å². The van der Waals surface area contributed by atoms with Crippen molar-refractivity contribution in [1.82, 2.24) is 4.90 Å². The molecule has 206 valence electrons. The molecule has 2 atom stereocenters. The van der Waals surface area contributed by atoms with Crippen LogP contribution in [0.3, 0.4) is 0 Å². The summed E-state index contributed by atoms with van der Waals surface area (Å²) in [4.78, 5) is 24.0. The van der Waals surface area contributed by atoms with Gasteiger partial charge >= 0.3 is 11.9 Å². The zero-order chi connectivity index (χ0) is 26.2. The minimum atomic E-state index is -0.686. The Hall–Kier alpha value is -1.44. The Kier molecular flexibility index (Phi) is 23.3. The standard InChI is InChI=1S/C28H53NO6/c1-25(28(31)32)19-15-13-11-9-7-5-6-8-10-12-14-17-21-34-23-26(29(2)3)24-35-22-18-16-20-27(30)33-4/h7,9,25-26H,5-6,8,10-24H2,1-4H3,(H,31,32)/b9-7-. The molecule has 7 heteroatoms. The Labute approximate surface area is 214 Å². The molecule has 0 aliphatic carbocycles. The first-order valence-electron chi connectivity index (χ1n) is 13.6. The number of methoxy groups -OCH3 is 1. The van der Waals surface area contributed by atoms with Crippen LogP contribution in [0.5, 0.6) is 0 Å². The van der Waals surface area contributed by atoms with Crippen LogP contribution in [0.2, 0.25) is 0 Å². The third kappa shape index (κ3) is 22.7. The summed E-state index contributed by atoms with van der Waals surface area (Å²) in [6.07, 6.45) is 19.1. The Bertz CT molecular complexity index is 538. The molecule has 0 rings (SSSR count). The number of nitrogens with zero attached hydrogens (tertiary/aromatic N) is 1. The number of carbonyl (C=O) groups excluding carboxylic acids is 1. The molecule has 0 spiro atoms. The third-order valence-electron chi connectivity index (χ3n) is 6.25. The van der Waals surface area contributed by atoms with Crippen LogP contribution < -0.4 is 0 Å². The quantitative estimate of drug-likeness (QED) is 0.0956. The molecule has 1 N–H and O–H groups in total. The number of carboxylic acid groups (broad SMARTS) is 1. The smallest absolute Gasteiger partial charge is 0.306 e. The molecule has 0 aromatic carbocycles. The average molecular weight is 500 g/mol. The molecule has 0 radical (unpaired) electrons. The summed E-state index contributed by atoms with van der Waals surface area (Å²) in [6.45, 7) is 4.57. The first-order valence-corrected chi connectivity index (χ1v) is 13.6. The van der Waals surface area contributed by atoms with Crippen LogP contribution in [0, 0.1) is 5.92 Å². The summed E-state index contributed by atoms with van der Waals surface area (Å²) in [5.41, 5.74) is 0.